The first-order chi connectivity index (χ1) is 13.2. The van der Waals surface area contributed by atoms with E-state index in [9.17, 15) is 9.59 Å². The van der Waals surface area contributed by atoms with Crippen molar-refractivity contribution in [2.75, 3.05) is 13.1 Å². The predicted molar refractivity (Wildman–Crippen MR) is 105 cm³/mol. The fourth-order valence-electron chi connectivity index (χ4n) is 3.57. The number of hydrogen-bond acceptors (Lipinski definition) is 6. The van der Waals surface area contributed by atoms with E-state index in [1.54, 1.807) is 18.3 Å². The van der Waals surface area contributed by atoms with Gasteiger partial charge in [0.05, 0.1) is 10.6 Å². The summed E-state index contributed by atoms with van der Waals surface area (Å²) in [6.45, 7) is 1.94. The van der Waals surface area contributed by atoms with Crippen molar-refractivity contribution < 1.29 is 9.59 Å². The lowest BCUT2D eigenvalue weighted by molar-refractivity contribution is -0.115. The number of thioether (sulfide) groups is 1. The molecule has 2 fully saturated rings. The Kier molecular flexibility index (Phi) is 5.31. The zero-order valence-electron chi connectivity index (χ0n) is 14.7. The average molecular weight is 380 g/mol. The second-order valence-corrected chi connectivity index (χ2v) is 7.84. The lowest BCUT2D eigenvalue weighted by Crippen LogP contribution is -2.36. The van der Waals surface area contributed by atoms with Crippen molar-refractivity contribution >= 4 is 29.0 Å². The quantitative estimate of drug-likeness (QED) is 0.794. The molecule has 2 aromatic rings. The molecule has 0 spiro atoms. The molecule has 0 saturated carbocycles. The number of hydrogen-bond donors (Lipinski definition) is 2. The molecule has 2 aliphatic heterocycles. The van der Waals surface area contributed by atoms with Crippen molar-refractivity contribution in [1.82, 2.24) is 20.6 Å². The molecule has 0 bridgehead atoms. The molecule has 0 radical (unpaired) electrons. The predicted octanol–water partition coefficient (Wildman–Crippen LogP) is 2.74. The number of nitrogens with zero attached hydrogens (tertiary/aromatic N) is 2. The van der Waals surface area contributed by atoms with Gasteiger partial charge in [-0.15, -0.1) is 0 Å². The maximum Gasteiger partial charge on any atom is 0.290 e. The summed E-state index contributed by atoms with van der Waals surface area (Å²) in [6.07, 6.45) is 5.23. The summed E-state index contributed by atoms with van der Waals surface area (Å²) < 4.78 is 0. The van der Waals surface area contributed by atoms with Crippen LogP contribution < -0.4 is 10.6 Å². The topological polar surface area (TPSA) is 84.0 Å². The van der Waals surface area contributed by atoms with Crippen molar-refractivity contribution in [3.63, 3.8) is 0 Å². The smallest absolute Gasteiger partial charge is 0.290 e. The Balaban J connectivity index is 1.44. The summed E-state index contributed by atoms with van der Waals surface area (Å²) in [7, 11) is 0. The Labute approximate surface area is 161 Å². The van der Waals surface area contributed by atoms with Crippen LogP contribution in [0.15, 0.2) is 47.5 Å². The minimum atomic E-state index is -0.368. The lowest BCUT2D eigenvalue weighted by atomic mass is 9.84. The van der Waals surface area contributed by atoms with Crippen molar-refractivity contribution in [2.24, 2.45) is 5.92 Å². The van der Waals surface area contributed by atoms with E-state index in [1.165, 1.54) is 5.56 Å². The van der Waals surface area contributed by atoms with E-state index in [4.69, 9.17) is 0 Å². The standard InChI is InChI=1S/C20H20N4O2S/c25-19-17(27-20(26)24-19)10-16-6-7-22-18(23-16)9-13-8-15(12-21-11-13)14-4-2-1-3-5-14/h1-7,10,13,15,21H,8-9,11-12H2,(H,24,25,26)/b17-10-. The highest BCUT2D eigenvalue weighted by molar-refractivity contribution is 8.18. The van der Waals surface area contributed by atoms with Gasteiger partial charge in [0, 0.05) is 19.2 Å². The van der Waals surface area contributed by atoms with E-state index in [2.05, 4.69) is 44.9 Å². The highest BCUT2D eigenvalue weighted by atomic mass is 32.2. The summed E-state index contributed by atoms with van der Waals surface area (Å²) in [5, 5.41) is 5.43. The molecule has 2 saturated heterocycles. The molecule has 6 nitrogen and oxygen atoms in total. The fourth-order valence-corrected chi connectivity index (χ4v) is 4.24. The van der Waals surface area contributed by atoms with E-state index >= 15 is 0 Å². The van der Waals surface area contributed by atoms with E-state index in [0.29, 0.717) is 22.4 Å². The molecule has 2 atom stereocenters. The molecular formula is C20H20N4O2S. The van der Waals surface area contributed by atoms with Crippen LogP contribution in [0.2, 0.25) is 0 Å². The normalized spacial score (nSPS) is 24.2. The van der Waals surface area contributed by atoms with E-state index in [-0.39, 0.29) is 11.1 Å². The molecule has 1 aromatic heterocycles. The van der Waals surface area contributed by atoms with Gasteiger partial charge in [0.15, 0.2) is 0 Å². The second kappa shape index (κ2) is 8.02. The van der Waals surface area contributed by atoms with Gasteiger partial charge in [-0.3, -0.25) is 14.9 Å². The summed E-state index contributed by atoms with van der Waals surface area (Å²) in [5.41, 5.74) is 2.01. The van der Waals surface area contributed by atoms with Gasteiger partial charge in [0.2, 0.25) is 0 Å². The molecule has 3 heterocycles. The first-order valence-electron chi connectivity index (χ1n) is 9.00. The minimum Gasteiger partial charge on any atom is -0.316 e. The number of imide groups is 1. The van der Waals surface area contributed by atoms with Crippen LogP contribution in [-0.2, 0) is 11.2 Å². The molecule has 7 heteroatoms. The van der Waals surface area contributed by atoms with Gasteiger partial charge >= 0.3 is 0 Å². The van der Waals surface area contributed by atoms with Crippen LogP contribution >= 0.6 is 11.8 Å². The Morgan fingerprint density at radius 2 is 2.00 bits per heavy atom. The Morgan fingerprint density at radius 1 is 1.15 bits per heavy atom. The summed E-state index contributed by atoms with van der Waals surface area (Å²) in [6, 6.07) is 12.3. The molecule has 2 unspecified atom stereocenters. The Morgan fingerprint density at radius 3 is 2.78 bits per heavy atom. The van der Waals surface area contributed by atoms with Crippen molar-refractivity contribution in [1.29, 1.82) is 0 Å². The van der Waals surface area contributed by atoms with Gasteiger partial charge in [-0.05, 0) is 54.3 Å². The average Bonchev–Trinajstić information content (AvgIpc) is 3.00. The number of carbonyl (C=O) groups excluding carboxylic acids is 2. The SMILES string of the molecule is O=C1NC(=O)/C(=C/c2ccnc(CC3CNCC(c4ccccc4)C3)n2)S1. The third kappa shape index (κ3) is 4.43. The summed E-state index contributed by atoms with van der Waals surface area (Å²) in [4.78, 5) is 32.3. The molecule has 138 valence electrons. The van der Waals surface area contributed by atoms with Crippen molar-refractivity contribution in [2.45, 2.75) is 18.8 Å². The van der Waals surface area contributed by atoms with E-state index < -0.39 is 0 Å². The summed E-state index contributed by atoms with van der Waals surface area (Å²) in [5.74, 6) is 1.35. The Bertz CT molecular complexity index is 885. The third-order valence-electron chi connectivity index (χ3n) is 4.83. The number of piperidine rings is 1. The molecular weight excluding hydrogens is 360 g/mol. The zero-order chi connectivity index (χ0) is 18.6. The number of amides is 2. The van der Waals surface area contributed by atoms with Crippen LogP contribution in [0.4, 0.5) is 4.79 Å². The van der Waals surface area contributed by atoms with Gasteiger partial charge in [-0.2, -0.15) is 0 Å². The molecule has 0 aliphatic carbocycles. The monoisotopic (exact) mass is 380 g/mol. The van der Waals surface area contributed by atoms with Gasteiger partial charge in [0.25, 0.3) is 11.1 Å². The van der Waals surface area contributed by atoms with Crippen LogP contribution in [-0.4, -0.2) is 34.2 Å². The zero-order valence-corrected chi connectivity index (χ0v) is 15.5. The van der Waals surface area contributed by atoms with Crippen molar-refractivity contribution in [3.05, 3.63) is 64.6 Å². The highest BCUT2D eigenvalue weighted by Gasteiger charge is 2.26. The third-order valence-corrected chi connectivity index (χ3v) is 5.64. The summed E-state index contributed by atoms with van der Waals surface area (Å²) >= 11 is 0.899. The molecule has 2 amide bonds. The number of benzene rings is 1. The van der Waals surface area contributed by atoms with Crippen LogP contribution in [0.25, 0.3) is 6.08 Å². The maximum absolute atomic E-state index is 11.7. The van der Waals surface area contributed by atoms with Crippen LogP contribution in [0, 0.1) is 5.92 Å². The largest absolute Gasteiger partial charge is 0.316 e. The van der Waals surface area contributed by atoms with Crippen LogP contribution in [0.5, 0.6) is 0 Å². The number of nitrogens with one attached hydrogen (secondary N) is 2. The van der Waals surface area contributed by atoms with Gasteiger partial charge in [-0.1, -0.05) is 30.3 Å². The van der Waals surface area contributed by atoms with Gasteiger partial charge < -0.3 is 5.32 Å². The van der Waals surface area contributed by atoms with Crippen molar-refractivity contribution in [3.8, 4) is 0 Å². The fraction of sp³-hybridized carbons (Fsp3) is 0.300. The number of carbonyl (C=O) groups is 2. The van der Waals surface area contributed by atoms with Crippen LogP contribution in [0.3, 0.4) is 0 Å². The molecule has 4 rings (SSSR count). The number of aromatic nitrogens is 2. The number of rotatable bonds is 4. The van der Waals surface area contributed by atoms with E-state index in [0.717, 1.165) is 43.5 Å². The first-order valence-corrected chi connectivity index (χ1v) is 9.81. The highest BCUT2D eigenvalue weighted by Crippen LogP contribution is 2.28. The second-order valence-electron chi connectivity index (χ2n) is 6.82. The molecule has 1 aromatic carbocycles. The van der Waals surface area contributed by atoms with Gasteiger partial charge in [-0.25, -0.2) is 9.97 Å². The van der Waals surface area contributed by atoms with Crippen LogP contribution in [0.1, 0.15) is 29.4 Å². The lowest BCUT2D eigenvalue weighted by Gasteiger charge is -2.30. The maximum atomic E-state index is 11.7. The minimum absolute atomic E-state index is 0.347. The molecule has 2 aliphatic rings. The van der Waals surface area contributed by atoms with E-state index in [1.807, 2.05) is 6.07 Å². The molecule has 2 N–H and O–H groups in total. The first kappa shape index (κ1) is 17.9. The van der Waals surface area contributed by atoms with Gasteiger partial charge in [0.1, 0.15) is 5.82 Å². The Hall–Kier alpha value is -2.51. The molecule has 27 heavy (non-hydrogen) atoms.